The fourth-order valence-electron chi connectivity index (χ4n) is 4.33. The molecule has 3 aromatic heterocycles. The molecule has 0 saturated carbocycles. The molecule has 1 saturated heterocycles. The molecule has 1 aromatic carbocycles. The zero-order valence-electron chi connectivity index (χ0n) is 19.1. The van der Waals surface area contributed by atoms with E-state index in [1.165, 1.54) is 0 Å². The van der Waals surface area contributed by atoms with Gasteiger partial charge in [0.2, 0.25) is 0 Å². The highest BCUT2D eigenvalue weighted by atomic mass is 16.6. The molecule has 1 amide bonds. The van der Waals surface area contributed by atoms with E-state index in [0.717, 1.165) is 22.3 Å². The number of fused-ring (bicyclic) bond motifs is 1. The summed E-state index contributed by atoms with van der Waals surface area (Å²) in [5.74, 6) is 0. The van der Waals surface area contributed by atoms with E-state index in [4.69, 9.17) is 4.74 Å². The molecule has 4 aromatic rings. The first-order chi connectivity index (χ1) is 16.5. The molecule has 9 heteroatoms. The molecule has 0 N–H and O–H groups in total. The first-order valence-electron chi connectivity index (χ1n) is 11.2. The number of ether oxygens (including phenoxy) is 1. The second-order valence-electron chi connectivity index (χ2n) is 8.38. The molecule has 1 fully saturated rings. The predicted molar refractivity (Wildman–Crippen MR) is 127 cm³/mol. The monoisotopic (exact) mass is 455 g/mol. The maximum Gasteiger partial charge on any atom is 0.410 e. The molecular weight excluding hydrogens is 430 g/mol. The van der Waals surface area contributed by atoms with Crippen LogP contribution in [0.3, 0.4) is 0 Å². The Morgan fingerprint density at radius 1 is 1.03 bits per heavy atom. The van der Waals surface area contributed by atoms with Gasteiger partial charge >= 0.3 is 6.09 Å². The molecule has 1 aliphatic heterocycles. The number of rotatable bonds is 4. The standard InChI is InChI=1S/C25H25N7O2/c1-18(22-6-4-3-5-19(22)13-26)34-25(33)31-11-9-30(10-12-31)24-15-28-32-17-20(7-8-23(24)32)21-14-27-29(2)16-21/h3-8,14-18H,9-12H2,1-2H3/t18-/m1/s1. The third-order valence-electron chi connectivity index (χ3n) is 6.21. The van der Waals surface area contributed by atoms with E-state index in [1.54, 1.807) is 28.6 Å². The Kier molecular flexibility index (Phi) is 5.64. The molecule has 4 heterocycles. The fraction of sp³-hybridized carbons (Fsp3) is 0.280. The third-order valence-corrected chi connectivity index (χ3v) is 6.21. The predicted octanol–water partition coefficient (Wildman–Crippen LogP) is 3.63. The SMILES string of the molecule is C[C@@H](OC(=O)N1CCN(c2cnn3cc(-c4cnn(C)c4)ccc23)CC1)c1ccccc1C#N. The van der Waals surface area contributed by atoms with E-state index < -0.39 is 6.10 Å². The highest BCUT2D eigenvalue weighted by Crippen LogP contribution is 2.27. The minimum absolute atomic E-state index is 0.360. The second-order valence-corrected chi connectivity index (χ2v) is 8.38. The van der Waals surface area contributed by atoms with Gasteiger partial charge in [-0.05, 0) is 19.1 Å². The molecule has 0 spiro atoms. The average Bonchev–Trinajstić information content (AvgIpc) is 3.49. The van der Waals surface area contributed by atoms with E-state index in [-0.39, 0.29) is 6.09 Å². The average molecular weight is 456 g/mol. The summed E-state index contributed by atoms with van der Waals surface area (Å²) in [6.45, 7) is 4.27. The topological polar surface area (TPSA) is 91.7 Å². The van der Waals surface area contributed by atoms with Crippen molar-refractivity contribution < 1.29 is 9.53 Å². The molecule has 0 radical (unpaired) electrons. The number of carbonyl (C=O) groups excluding carboxylic acids is 1. The first kappa shape index (κ1) is 21.5. The van der Waals surface area contributed by atoms with Crippen LogP contribution in [0.5, 0.6) is 0 Å². The van der Waals surface area contributed by atoms with Gasteiger partial charge in [0.1, 0.15) is 6.10 Å². The van der Waals surface area contributed by atoms with Crippen molar-refractivity contribution in [3.05, 3.63) is 72.3 Å². The summed E-state index contributed by atoms with van der Waals surface area (Å²) in [5.41, 5.74) is 5.39. The van der Waals surface area contributed by atoms with E-state index in [0.29, 0.717) is 37.3 Å². The van der Waals surface area contributed by atoms with E-state index in [1.807, 2.05) is 48.5 Å². The van der Waals surface area contributed by atoms with E-state index >= 15 is 0 Å². The number of nitrogens with zero attached hydrogens (tertiary/aromatic N) is 7. The van der Waals surface area contributed by atoms with Gasteiger partial charge in [0, 0.05) is 62.3 Å². The van der Waals surface area contributed by atoms with Crippen molar-refractivity contribution in [2.45, 2.75) is 13.0 Å². The molecule has 0 bridgehead atoms. The van der Waals surface area contributed by atoms with Crippen LogP contribution < -0.4 is 4.90 Å². The van der Waals surface area contributed by atoms with Gasteiger partial charge in [-0.1, -0.05) is 24.3 Å². The zero-order chi connectivity index (χ0) is 23.7. The quantitative estimate of drug-likeness (QED) is 0.467. The minimum atomic E-state index is -0.491. The van der Waals surface area contributed by atoms with Gasteiger partial charge < -0.3 is 14.5 Å². The van der Waals surface area contributed by atoms with Crippen molar-refractivity contribution in [1.29, 1.82) is 5.26 Å². The van der Waals surface area contributed by atoms with Crippen LogP contribution in [-0.4, -0.2) is 56.6 Å². The van der Waals surface area contributed by atoms with Gasteiger partial charge in [-0.2, -0.15) is 15.5 Å². The number of benzene rings is 1. The number of aryl methyl sites for hydroxylation is 1. The first-order valence-corrected chi connectivity index (χ1v) is 11.2. The van der Waals surface area contributed by atoms with Gasteiger partial charge in [0.05, 0.1) is 35.2 Å². The van der Waals surface area contributed by atoms with Crippen molar-refractivity contribution in [3.63, 3.8) is 0 Å². The van der Waals surface area contributed by atoms with Crippen LogP contribution >= 0.6 is 0 Å². The van der Waals surface area contributed by atoms with Crippen molar-refractivity contribution in [2.75, 3.05) is 31.1 Å². The molecule has 1 atom stereocenters. The largest absolute Gasteiger partial charge is 0.441 e. The summed E-state index contributed by atoms with van der Waals surface area (Å²) in [6.07, 6.45) is 6.84. The molecule has 34 heavy (non-hydrogen) atoms. The summed E-state index contributed by atoms with van der Waals surface area (Å²) in [5, 5.41) is 18.1. The van der Waals surface area contributed by atoms with E-state index in [9.17, 15) is 10.1 Å². The lowest BCUT2D eigenvalue weighted by Crippen LogP contribution is -2.49. The van der Waals surface area contributed by atoms with Crippen molar-refractivity contribution in [1.82, 2.24) is 24.3 Å². The normalized spacial score (nSPS) is 14.7. The summed E-state index contributed by atoms with van der Waals surface area (Å²) in [7, 11) is 1.90. The Morgan fingerprint density at radius 2 is 1.82 bits per heavy atom. The smallest absolute Gasteiger partial charge is 0.410 e. The van der Waals surface area contributed by atoms with Crippen molar-refractivity contribution in [3.8, 4) is 17.2 Å². The van der Waals surface area contributed by atoms with Crippen LogP contribution in [0.2, 0.25) is 0 Å². The van der Waals surface area contributed by atoms with Gasteiger partial charge in [0.15, 0.2) is 0 Å². The number of nitriles is 1. The van der Waals surface area contributed by atoms with Crippen LogP contribution in [-0.2, 0) is 11.8 Å². The lowest BCUT2D eigenvalue weighted by atomic mass is 10.0. The number of carbonyl (C=O) groups is 1. The van der Waals surface area contributed by atoms with Gasteiger partial charge in [0.25, 0.3) is 0 Å². The molecule has 1 aliphatic rings. The third kappa shape index (κ3) is 4.06. The van der Waals surface area contributed by atoms with Gasteiger partial charge in [-0.15, -0.1) is 0 Å². The molecule has 5 rings (SSSR count). The summed E-state index contributed by atoms with van der Waals surface area (Å²) in [4.78, 5) is 16.7. The van der Waals surface area contributed by atoms with Gasteiger partial charge in [-0.3, -0.25) is 4.68 Å². The number of anilines is 1. The minimum Gasteiger partial charge on any atom is -0.441 e. The molecule has 9 nitrogen and oxygen atoms in total. The van der Waals surface area contributed by atoms with Crippen molar-refractivity contribution >= 4 is 17.3 Å². The van der Waals surface area contributed by atoms with Crippen LogP contribution in [0.25, 0.3) is 16.6 Å². The number of hydrogen-bond donors (Lipinski definition) is 0. The number of piperazine rings is 1. The maximum absolute atomic E-state index is 12.7. The molecular formula is C25H25N7O2. The summed E-state index contributed by atoms with van der Waals surface area (Å²) >= 11 is 0. The lowest BCUT2D eigenvalue weighted by molar-refractivity contribution is 0.0680. The number of aromatic nitrogens is 4. The fourth-order valence-corrected chi connectivity index (χ4v) is 4.33. The Morgan fingerprint density at radius 3 is 2.56 bits per heavy atom. The number of amides is 1. The summed E-state index contributed by atoms with van der Waals surface area (Å²) < 4.78 is 9.33. The zero-order valence-corrected chi connectivity index (χ0v) is 19.1. The Bertz CT molecular complexity index is 1380. The molecule has 172 valence electrons. The maximum atomic E-state index is 12.7. The van der Waals surface area contributed by atoms with Crippen LogP contribution in [0.15, 0.2) is 61.2 Å². The number of hydrogen-bond acceptors (Lipinski definition) is 6. The Balaban J connectivity index is 1.23. The van der Waals surface area contributed by atoms with Crippen LogP contribution in [0, 0.1) is 11.3 Å². The highest BCUT2D eigenvalue weighted by Gasteiger charge is 2.26. The number of pyridine rings is 1. The Labute approximate surface area is 197 Å². The van der Waals surface area contributed by atoms with Gasteiger partial charge in [-0.25, -0.2) is 9.31 Å². The van der Waals surface area contributed by atoms with Crippen LogP contribution in [0.1, 0.15) is 24.2 Å². The molecule has 0 unspecified atom stereocenters. The Hall–Kier alpha value is -4.32. The molecule has 0 aliphatic carbocycles. The van der Waals surface area contributed by atoms with Crippen molar-refractivity contribution in [2.24, 2.45) is 7.05 Å². The summed E-state index contributed by atoms with van der Waals surface area (Å²) in [6, 6.07) is 13.5. The van der Waals surface area contributed by atoms with E-state index in [2.05, 4.69) is 33.3 Å². The van der Waals surface area contributed by atoms with Crippen LogP contribution in [0.4, 0.5) is 10.5 Å². The second kappa shape index (κ2) is 8.90. The highest BCUT2D eigenvalue weighted by molar-refractivity contribution is 5.76. The lowest BCUT2D eigenvalue weighted by Gasteiger charge is -2.35.